The summed E-state index contributed by atoms with van der Waals surface area (Å²) in [5, 5.41) is 1.88. The average molecular weight is 305 g/mol. The fraction of sp³-hybridized carbons (Fsp3) is 0.545. The van der Waals surface area contributed by atoms with Crippen molar-refractivity contribution in [3.05, 3.63) is 20.8 Å². The van der Waals surface area contributed by atoms with Crippen molar-refractivity contribution in [3.8, 4) is 0 Å². The molecule has 1 aromatic heterocycles. The highest BCUT2D eigenvalue weighted by Crippen LogP contribution is 2.21. The maximum absolute atomic E-state index is 11.9. The summed E-state index contributed by atoms with van der Waals surface area (Å²) >= 11 is 4.90. The van der Waals surface area contributed by atoms with E-state index in [1.165, 1.54) is 11.3 Å². The molecule has 1 heterocycles. The standard InChI is InChI=1S/C11H17BrN2OS/c1-13(2)5-4-6-14(3)11(15)9-7-10(12)16-8-9/h7-8H,4-6H2,1-3H3. The van der Waals surface area contributed by atoms with E-state index in [9.17, 15) is 4.79 Å². The van der Waals surface area contributed by atoms with Gasteiger partial charge in [0.25, 0.3) is 5.91 Å². The lowest BCUT2D eigenvalue weighted by Crippen LogP contribution is -2.29. The van der Waals surface area contributed by atoms with E-state index in [0.29, 0.717) is 0 Å². The first-order chi connectivity index (χ1) is 7.50. The van der Waals surface area contributed by atoms with Gasteiger partial charge in [0, 0.05) is 19.0 Å². The molecular weight excluding hydrogens is 288 g/mol. The maximum Gasteiger partial charge on any atom is 0.254 e. The van der Waals surface area contributed by atoms with Gasteiger partial charge in [-0.1, -0.05) is 0 Å². The van der Waals surface area contributed by atoms with Crippen LogP contribution in [0.25, 0.3) is 0 Å². The van der Waals surface area contributed by atoms with Gasteiger partial charge < -0.3 is 9.80 Å². The molecule has 0 aromatic carbocycles. The number of amides is 1. The monoisotopic (exact) mass is 304 g/mol. The predicted molar refractivity (Wildman–Crippen MR) is 72.2 cm³/mol. The summed E-state index contributed by atoms with van der Waals surface area (Å²) in [5.41, 5.74) is 0.768. The molecule has 0 N–H and O–H groups in total. The van der Waals surface area contributed by atoms with Crippen LogP contribution in [0.15, 0.2) is 15.2 Å². The highest BCUT2D eigenvalue weighted by atomic mass is 79.9. The molecule has 0 aliphatic rings. The van der Waals surface area contributed by atoms with Crippen LogP contribution in [0, 0.1) is 0 Å². The second-order valence-corrected chi connectivity index (χ2v) is 6.31. The Morgan fingerprint density at radius 1 is 1.38 bits per heavy atom. The highest BCUT2D eigenvalue weighted by molar-refractivity contribution is 9.11. The lowest BCUT2D eigenvalue weighted by Gasteiger charge is -2.17. The first kappa shape index (κ1) is 13.7. The van der Waals surface area contributed by atoms with E-state index in [2.05, 4.69) is 20.8 Å². The van der Waals surface area contributed by atoms with Gasteiger partial charge in [-0.05, 0) is 49.1 Å². The van der Waals surface area contributed by atoms with Gasteiger partial charge in [0.05, 0.1) is 9.35 Å². The molecule has 16 heavy (non-hydrogen) atoms. The van der Waals surface area contributed by atoms with E-state index < -0.39 is 0 Å². The van der Waals surface area contributed by atoms with Gasteiger partial charge in [-0.15, -0.1) is 11.3 Å². The third-order valence-electron chi connectivity index (χ3n) is 2.26. The molecule has 90 valence electrons. The Kier molecular flexibility index (Phi) is 5.44. The quantitative estimate of drug-likeness (QED) is 0.834. The molecular formula is C11H17BrN2OS. The SMILES string of the molecule is CN(C)CCCN(C)C(=O)c1csc(Br)c1. The minimum Gasteiger partial charge on any atom is -0.342 e. The number of hydrogen-bond donors (Lipinski definition) is 0. The van der Waals surface area contributed by atoms with Crippen LogP contribution in [0.1, 0.15) is 16.8 Å². The van der Waals surface area contributed by atoms with E-state index in [1.54, 1.807) is 4.90 Å². The Morgan fingerprint density at radius 3 is 2.56 bits per heavy atom. The molecule has 0 fully saturated rings. The minimum atomic E-state index is 0.0979. The zero-order valence-corrected chi connectivity index (χ0v) is 12.3. The summed E-state index contributed by atoms with van der Waals surface area (Å²) in [6.45, 7) is 1.80. The van der Waals surface area contributed by atoms with Crippen molar-refractivity contribution in [1.82, 2.24) is 9.80 Å². The lowest BCUT2D eigenvalue weighted by molar-refractivity contribution is 0.0791. The summed E-state index contributed by atoms with van der Waals surface area (Å²) in [4.78, 5) is 15.8. The molecule has 0 radical (unpaired) electrons. The van der Waals surface area contributed by atoms with Crippen LogP contribution in [0.3, 0.4) is 0 Å². The largest absolute Gasteiger partial charge is 0.342 e. The van der Waals surface area contributed by atoms with Crippen molar-refractivity contribution in [1.29, 1.82) is 0 Å². The molecule has 0 atom stereocenters. The average Bonchev–Trinajstić information content (AvgIpc) is 2.63. The summed E-state index contributed by atoms with van der Waals surface area (Å²) in [5.74, 6) is 0.0979. The number of carbonyl (C=O) groups excluding carboxylic acids is 1. The summed E-state index contributed by atoms with van der Waals surface area (Å²) in [6.07, 6.45) is 1.00. The number of nitrogens with zero attached hydrogens (tertiary/aromatic N) is 2. The van der Waals surface area contributed by atoms with Crippen molar-refractivity contribution >= 4 is 33.2 Å². The van der Waals surface area contributed by atoms with Gasteiger partial charge in [-0.25, -0.2) is 0 Å². The van der Waals surface area contributed by atoms with Gasteiger partial charge in [0.15, 0.2) is 0 Å². The zero-order chi connectivity index (χ0) is 12.1. The van der Waals surface area contributed by atoms with Crippen molar-refractivity contribution < 1.29 is 4.79 Å². The number of thiophene rings is 1. The Balaban J connectivity index is 2.42. The lowest BCUT2D eigenvalue weighted by atomic mass is 10.3. The minimum absolute atomic E-state index is 0.0979. The zero-order valence-electron chi connectivity index (χ0n) is 9.86. The van der Waals surface area contributed by atoms with Crippen molar-refractivity contribution in [2.75, 3.05) is 34.2 Å². The molecule has 0 unspecified atom stereocenters. The first-order valence-electron chi connectivity index (χ1n) is 5.15. The topological polar surface area (TPSA) is 23.6 Å². The maximum atomic E-state index is 11.9. The fourth-order valence-electron chi connectivity index (χ4n) is 1.37. The first-order valence-corrected chi connectivity index (χ1v) is 6.82. The number of rotatable bonds is 5. The molecule has 3 nitrogen and oxygen atoms in total. The molecule has 0 aliphatic heterocycles. The van der Waals surface area contributed by atoms with Gasteiger partial charge in [0.1, 0.15) is 0 Å². The summed E-state index contributed by atoms with van der Waals surface area (Å²) in [7, 11) is 5.93. The Hall–Kier alpha value is -0.390. The second-order valence-electron chi connectivity index (χ2n) is 4.02. The number of halogens is 1. The Bertz CT molecular complexity index is 352. The molecule has 0 spiro atoms. The highest BCUT2D eigenvalue weighted by Gasteiger charge is 2.12. The molecule has 0 saturated carbocycles. The van der Waals surface area contributed by atoms with Crippen molar-refractivity contribution in [2.45, 2.75) is 6.42 Å². The van der Waals surface area contributed by atoms with Crippen molar-refractivity contribution in [3.63, 3.8) is 0 Å². The summed E-state index contributed by atoms with van der Waals surface area (Å²) in [6, 6.07) is 1.87. The smallest absolute Gasteiger partial charge is 0.254 e. The van der Waals surface area contributed by atoms with Crippen LogP contribution in [-0.2, 0) is 0 Å². The van der Waals surface area contributed by atoms with Crippen LogP contribution >= 0.6 is 27.3 Å². The Morgan fingerprint density at radius 2 is 2.06 bits per heavy atom. The van der Waals surface area contributed by atoms with Crippen LogP contribution in [-0.4, -0.2) is 49.9 Å². The van der Waals surface area contributed by atoms with E-state index in [0.717, 1.165) is 28.9 Å². The van der Waals surface area contributed by atoms with Crippen LogP contribution in [0.2, 0.25) is 0 Å². The van der Waals surface area contributed by atoms with Crippen LogP contribution < -0.4 is 0 Å². The van der Waals surface area contributed by atoms with Crippen LogP contribution in [0.4, 0.5) is 0 Å². The van der Waals surface area contributed by atoms with Gasteiger partial charge in [-0.2, -0.15) is 0 Å². The number of hydrogen-bond acceptors (Lipinski definition) is 3. The molecule has 1 amide bonds. The summed E-state index contributed by atoms with van der Waals surface area (Å²) < 4.78 is 0.998. The fourth-order valence-corrected chi connectivity index (χ4v) is 2.50. The molecule has 5 heteroatoms. The van der Waals surface area contributed by atoms with E-state index in [4.69, 9.17) is 0 Å². The van der Waals surface area contributed by atoms with Gasteiger partial charge in [-0.3, -0.25) is 4.79 Å². The second kappa shape index (κ2) is 6.37. The predicted octanol–water partition coefficient (Wildman–Crippen LogP) is 2.53. The van der Waals surface area contributed by atoms with Crippen molar-refractivity contribution in [2.24, 2.45) is 0 Å². The normalized spacial score (nSPS) is 10.8. The third-order valence-corrected chi connectivity index (χ3v) is 3.76. The molecule has 0 bridgehead atoms. The van der Waals surface area contributed by atoms with Crippen LogP contribution in [0.5, 0.6) is 0 Å². The third kappa shape index (κ3) is 4.23. The van der Waals surface area contributed by atoms with Gasteiger partial charge >= 0.3 is 0 Å². The van der Waals surface area contributed by atoms with E-state index in [-0.39, 0.29) is 5.91 Å². The molecule has 1 aromatic rings. The van der Waals surface area contributed by atoms with E-state index in [1.807, 2.05) is 32.6 Å². The number of carbonyl (C=O) groups is 1. The van der Waals surface area contributed by atoms with Gasteiger partial charge in [0.2, 0.25) is 0 Å². The molecule has 0 aliphatic carbocycles. The molecule has 1 rings (SSSR count). The van der Waals surface area contributed by atoms with E-state index >= 15 is 0 Å². The Labute approximate surface area is 109 Å². The molecule has 0 saturated heterocycles.